The maximum Gasteiger partial charge on any atom is 0.308 e. The number of amides is 2. The predicted octanol–water partition coefficient (Wildman–Crippen LogP) is 5.44. The highest BCUT2D eigenvalue weighted by Gasteiger charge is 2.35. The fourth-order valence-electron chi connectivity index (χ4n) is 4.24. The van der Waals surface area contributed by atoms with E-state index in [9.17, 15) is 14.4 Å². The lowest BCUT2D eigenvalue weighted by molar-refractivity contribution is -0.147. The number of hydrogen-bond donors (Lipinski definition) is 1. The molecule has 1 heterocycles. The highest BCUT2D eigenvalue weighted by molar-refractivity contribution is 5.99. The number of nitrogens with one attached hydrogen (secondary N) is 1. The largest absolute Gasteiger partial charge is 0.489 e. The Bertz CT molecular complexity index is 854. The summed E-state index contributed by atoms with van der Waals surface area (Å²) in [5, 5.41) is 2.75. The maximum absolute atomic E-state index is 13.2. The molecule has 200 valence electrons. The van der Waals surface area contributed by atoms with Crippen LogP contribution in [0.25, 0.3) is 0 Å². The van der Waals surface area contributed by atoms with Crippen molar-refractivity contribution in [1.29, 1.82) is 0 Å². The lowest BCUT2D eigenvalue weighted by Crippen LogP contribution is -2.57. The molecule has 2 amide bonds. The van der Waals surface area contributed by atoms with Gasteiger partial charge in [0, 0.05) is 18.7 Å². The number of rotatable bonds is 17. The molecule has 0 radical (unpaired) electrons. The standard InChI is InChI=1S/C29H44N2O5/c1-4-5-6-7-8-9-10-11-12-13-19-35-27(32)21-26-28(33)30-17-18-31(26)29(34)24-15-14-16-25(20-24)36-22-23(2)3/h14-16,20,26H,2,4-13,17-19,21-22H2,1,3H3,(H,30,33). The third-order valence-corrected chi connectivity index (χ3v) is 6.28. The Morgan fingerprint density at radius 3 is 2.39 bits per heavy atom. The van der Waals surface area contributed by atoms with E-state index in [1.807, 2.05) is 6.92 Å². The molecule has 1 N–H and O–H groups in total. The minimum atomic E-state index is -0.883. The molecule has 7 heteroatoms. The third kappa shape index (κ3) is 10.8. The van der Waals surface area contributed by atoms with E-state index in [1.54, 1.807) is 24.3 Å². The first-order chi connectivity index (χ1) is 17.4. The summed E-state index contributed by atoms with van der Waals surface area (Å²) in [4.78, 5) is 39.7. The SMILES string of the molecule is C=C(C)COc1cccc(C(=O)N2CCNC(=O)C2CC(=O)OCCCCCCCCCCCC)c1. The van der Waals surface area contributed by atoms with Gasteiger partial charge < -0.3 is 19.7 Å². The Balaban J connectivity index is 1.76. The second kappa shape index (κ2) is 16.8. The molecule has 1 aliphatic rings. The van der Waals surface area contributed by atoms with Crippen LogP contribution < -0.4 is 10.1 Å². The van der Waals surface area contributed by atoms with Crippen molar-refractivity contribution in [1.82, 2.24) is 10.2 Å². The second-order valence-corrected chi connectivity index (χ2v) is 9.69. The summed E-state index contributed by atoms with van der Waals surface area (Å²) in [7, 11) is 0. The summed E-state index contributed by atoms with van der Waals surface area (Å²) in [6, 6.07) is 5.96. The van der Waals surface area contributed by atoms with Crippen LogP contribution in [0.4, 0.5) is 0 Å². The molecule has 0 aromatic heterocycles. The first-order valence-corrected chi connectivity index (χ1v) is 13.5. The van der Waals surface area contributed by atoms with E-state index >= 15 is 0 Å². The fourth-order valence-corrected chi connectivity index (χ4v) is 4.24. The number of nitrogens with zero attached hydrogens (tertiary/aromatic N) is 1. The van der Waals surface area contributed by atoms with Crippen LogP contribution in [-0.2, 0) is 14.3 Å². The molecule has 1 saturated heterocycles. The molecule has 0 spiro atoms. The number of carbonyl (C=O) groups is 3. The summed E-state index contributed by atoms with van der Waals surface area (Å²) in [5.74, 6) is -0.541. The Morgan fingerprint density at radius 1 is 1.06 bits per heavy atom. The normalized spacial score (nSPS) is 15.3. The van der Waals surface area contributed by atoms with Gasteiger partial charge in [-0.25, -0.2) is 0 Å². The van der Waals surface area contributed by atoms with E-state index in [4.69, 9.17) is 9.47 Å². The van der Waals surface area contributed by atoms with Crippen LogP contribution in [0, 0.1) is 0 Å². The molecular weight excluding hydrogens is 456 g/mol. The van der Waals surface area contributed by atoms with Crippen molar-refractivity contribution in [3.05, 3.63) is 42.0 Å². The lowest BCUT2D eigenvalue weighted by atomic mass is 10.1. The molecule has 0 bridgehead atoms. The van der Waals surface area contributed by atoms with Crippen LogP contribution in [0.2, 0.25) is 0 Å². The first kappa shape index (κ1) is 29.4. The van der Waals surface area contributed by atoms with Crippen LogP contribution >= 0.6 is 0 Å². The Labute approximate surface area is 216 Å². The molecular formula is C29H44N2O5. The highest BCUT2D eigenvalue weighted by Crippen LogP contribution is 2.19. The number of unbranched alkanes of at least 4 members (excludes halogenated alkanes) is 9. The van der Waals surface area contributed by atoms with E-state index in [2.05, 4.69) is 18.8 Å². The van der Waals surface area contributed by atoms with Crippen molar-refractivity contribution in [3.63, 3.8) is 0 Å². The van der Waals surface area contributed by atoms with Crippen molar-refractivity contribution in [2.24, 2.45) is 0 Å². The van der Waals surface area contributed by atoms with Gasteiger partial charge in [-0.1, -0.05) is 77.4 Å². The summed E-state index contributed by atoms with van der Waals surface area (Å²) in [5.41, 5.74) is 1.28. The molecule has 1 fully saturated rings. The predicted molar refractivity (Wildman–Crippen MR) is 142 cm³/mol. The molecule has 0 aliphatic carbocycles. The first-order valence-electron chi connectivity index (χ1n) is 13.5. The average Bonchev–Trinajstić information content (AvgIpc) is 2.87. The van der Waals surface area contributed by atoms with Crippen LogP contribution in [0.5, 0.6) is 5.75 Å². The van der Waals surface area contributed by atoms with E-state index in [0.29, 0.717) is 37.6 Å². The summed E-state index contributed by atoms with van der Waals surface area (Å²) >= 11 is 0. The van der Waals surface area contributed by atoms with Gasteiger partial charge in [-0.05, 0) is 37.1 Å². The third-order valence-electron chi connectivity index (χ3n) is 6.28. The number of piperazine rings is 1. The Hall–Kier alpha value is -2.83. The van der Waals surface area contributed by atoms with Crippen molar-refractivity contribution in [3.8, 4) is 5.75 Å². The molecule has 1 aromatic carbocycles. The summed E-state index contributed by atoms with van der Waals surface area (Å²) in [6.07, 6.45) is 11.9. The average molecular weight is 501 g/mol. The minimum absolute atomic E-state index is 0.152. The molecule has 1 atom stereocenters. The van der Waals surface area contributed by atoms with E-state index in [0.717, 1.165) is 24.8 Å². The van der Waals surface area contributed by atoms with Crippen molar-refractivity contribution >= 4 is 17.8 Å². The monoisotopic (exact) mass is 500 g/mol. The van der Waals surface area contributed by atoms with E-state index in [-0.39, 0.29) is 18.2 Å². The van der Waals surface area contributed by atoms with Crippen LogP contribution in [0.15, 0.2) is 36.4 Å². The minimum Gasteiger partial charge on any atom is -0.489 e. The fraction of sp³-hybridized carbons (Fsp3) is 0.621. The zero-order valence-corrected chi connectivity index (χ0v) is 22.2. The lowest BCUT2D eigenvalue weighted by Gasteiger charge is -2.34. The number of benzene rings is 1. The zero-order chi connectivity index (χ0) is 26.2. The van der Waals surface area contributed by atoms with Gasteiger partial charge in [0.05, 0.1) is 13.0 Å². The Kier molecular flexibility index (Phi) is 13.7. The number of carbonyl (C=O) groups excluding carboxylic acids is 3. The van der Waals surface area contributed by atoms with Gasteiger partial charge in [-0.3, -0.25) is 14.4 Å². The van der Waals surface area contributed by atoms with Gasteiger partial charge in [0.1, 0.15) is 18.4 Å². The van der Waals surface area contributed by atoms with Crippen LogP contribution in [0.3, 0.4) is 0 Å². The molecule has 1 unspecified atom stereocenters. The van der Waals surface area contributed by atoms with Gasteiger partial charge in [-0.2, -0.15) is 0 Å². The topological polar surface area (TPSA) is 84.9 Å². The van der Waals surface area contributed by atoms with Crippen molar-refractivity contribution in [2.75, 3.05) is 26.3 Å². The molecule has 0 saturated carbocycles. The van der Waals surface area contributed by atoms with E-state index in [1.165, 1.54) is 49.8 Å². The number of hydrogen-bond acceptors (Lipinski definition) is 5. The maximum atomic E-state index is 13.2. The van der Waals surface area contributed by atoms with Crippen LogP contribution in [0.1, 0.15) is 94.8 Å². The van der Waals surface area contributed by atoms with Gasteiger partial charge in [0.25, 0.3) is 5.91 Å². The number of ether oxygens (including phenoxy) is 2. The van der Waals surface area contributed by atoms with E-state index < -0.39 is 12.0 Å². The zero-order valence-electron chi connectivity index (χ0n) is 22.2. The molecule has 7 nitrogen and oxygen atoms in total. The summed E-state index contributed by atoms with van der Waals surface area (Å²) < 4.78 is 11.0. The van der Waals surface area contributed by atoms with Crippen LogP contribution in [-0.4, -0.2) is 55.0 Å². The van der Waals surface area contributed by atoms with Crippen molar-refractivity contribution < 1.29 is 23.9 Å². The number of esters is 1. The van der Waals surface area contributed by atoms with Gasteiger partial charge in [0.2, 0.25) is 5.91 Å². The van der Waals surface area contributed by atoms with Gasteiger partial charge in [-0.15, -0.1) is 0 Å². The van der Waals surface area contributed by atoms with Gasteiger partial charge in [0.15, 0.2) is 0 Å². The molecule has 1 aliphatic heterocycles. The van der Waals surface area contributed by atoms with Crippen molar-refractivity contribution in [2.45, 2.75) is 90.5 Å². The second-order valence-electron chi connectivity index (χ2n) is 9.69. The summed E-state index contributed by atoms with van der Waals surface area (Å²) in [6.45, 7) is 9.29. The Morgan fingerprint density at radius 2 is 1.72 bits per heavy atom. The van der Waals surface area contributed by atoms with Gasteiger partial charge >= 0.3 is 5.97 Å². The quantitative estimate of drug-likeness (QED) is 0.175. The molecule has 36 heavy (non-hydrogen) atoms. The smallest absolute Gasteiger partial charge is 0.308 e. The molecule has 1 aromatic rings. The molecule has 2 rings (SSSR count). The highest BCUT2D eigenvalue weighted by atomic mass is 16.5.